The van der Waals surface area contributed by atoms with Crippen LogP contribution in [0.25, 0.3) is 11.1 Å². The summed E-state index contributed by atoms with van der Waals surface area (Å²) in [4.78, 5) is 24.8. The third-order valence-corrected chi connectivity index (χ3v) is 8.01. The van der Waals surface area contributed by atoms with Crippen LogP contribution in [-0.4, -0.2) is 79.4 Å². The van der Waals surface area contributed by atoms with Crippen LogP contribution in [0.2, 0.25) is 5.02 Å². The number of hydrogen-bond acceptors (Lipinski definition) is 6. The van der Waals surface area contributed by atoms with Gasteiger partial charge in [-0.15, -0.1) is 13.2 Å². The predicted molar refractivity (Wildman–Crippen MR) is 153 cm³/mol. The Kier molecular flexibility index (Phi) is 9.01. The molecule has 7 nitrogen and oxygen atoms in total. The number of ether oxygens (including phenoxy) is 1. The van der Waals surface area contributed by atoms with Crippen molar-refractivity contribution >= 4 is 23.3 Å². The average Bonchev–Trinajstić information content (AvgIpc) is 2.95. The minimum absolute atomic E-state index is 0.0232. The van der Waals surface area contributed by atoms with Crippen LogP contribution in [0.1, 0.15) is 28.8 Å². The van der Waals surface area contributed by atoms with Crippen LogP contribution in [-0.2, 0) is 6.54 Å². The summed E-state index contributed by atoms with van der Waals surface area (Å²) in [5, 5.41) is 3.35. The van der Waals surface area contributed by atoms with E-state index in [-0.39, 0.29) is 22.7 Å². The molecule has 5 rings (SSSR count). The van der Waals surface area contributed by atoms with Crippen LogP contribution in [0.5, 0.6) is 5.75 Å². The molecule has 0 spiro atoms. The molecule has 2 saturated heterocycles. The first-order chi connectivity index (χ1) is 19.6. The highest BCUT2D eigenvalue weighted by atomic mass is 35.5. The summed E-state index contributed by atoms with van der Waals surface area (Å²) < 4.78 is 41.3. The summed E-state index contributed by atoms with van der Waals surface area (Å²) in [6.07, 6.45) is -1.17. The number of nitrogens with one attached hydrogen (secondary N) is 1. The van der Waals surface area contributed by atoms with Crippen molar-refractivity contribution in [2.24, 2.45) is 0 Å². The number of nitrogens with zero attached hydrogens (tertiary/aromatic N) is 4. The molecule has 0 radical (unpaired) electrons. The number of hydrogen-bond donors (Lipinski definition) is 1. The molecule has 0 atom stereocenters. The zero-order valence-electron chi connectivity index (χ0n) is 22.8. The fraction of sp³-hybridized carbons (Fsp3) is 0.400. The summed E-state index contributed by atoms with van der Waals surface area (Å²) in [5.74, 6) is 0.436. The summed E-state index contributed by atoms with van der Waals surface area (Å²) in [6, 6.07) is 14.8. The number of piperazine rings is 1. The number of benzene rings is 2. The van der Waals surface area contributed by atoms with Gasteiger partial charge in [-0.2, -0.15) is 0 Å². The molecule has 0 saturated carbocycles. The van der Waals surface area contributed by atoms with E-state index in [9.17, 15) is 18.0 Å². The Bertz CT molecular complexity index is 1320. The van der Waals surface area contributed by atoms with Gasteiger partial charge in [-0.25, -0.2) is 4.98 Å². The number of rotatable bonds is 7. The zero-order valence-corrected chi connectivity index (χ0v) is 23.6. The van der Waals surface area contributed by atoms with E-state index < -0.39 is 6.36 Å². The van der Waals surface area contributed by atoms with Crippen molar-refractivity contribution < 1.29 is 22.7 Å². The second kappa shape index (κ2) is 12.7. The van der Waals surface area contributed by atoms with Gasteiger partial charge in [-0.3, -0.25) is 9.69 Å². The van der Waals surface area contributed by atoms with Gasteiger partial charge in [0.05, 0.1) is 10.6 Å². The molecule has 1 amide bonds. The quantitative estimate of drug-likeness (QED) is 0.397. The van der Waals surface area contributed by atoms with Gasteiger partial charge in [0.1, 0.15) is 11.6 Å². The number of amides is 1. The number of pyridine rings is 1. The normalized spacial score (nSPS) is 17.4. The molecule has 2 aromatic carbocycles. The minimum atomic E-state index is -4.76. The zero-order chi connectivity index (χ0) is 29.0. The number of alkyl halides is 3. The Morgan fingerprint density at radius 1 is 1.00 bits per heavy atom. The fourth-order valence-corrected chi connectivity index (χ4v) is 5.58. The van der Waals surface area contributed by atoms with Gasteiger partial charge in [0.15, 0.2) is 0 Å². The van der Waals surface area contributed by atoms with Crippen molar-refractivity contribution in [1.82, 2.24) is 20.1 Å². The van der Waals surface area contributed by atoms with E-state index in [0.717, 1.165) is 64.5 Å². The molecule has 1 N–H and O–H groups in total. The topological polar surface area (TPSA) is 60.9 Å². The van der Waals surface area contributed by atoms with Gasteiger partial charge in [0.25, 0.3) is 5.91 Å². The number of piperidine rings is 1. The number of aromatic nitrogens is 1. The number of carbonyl (C=O) groups is 1. The van der Waals surface area contributed by atoms with E-state index in [0.29, 0.717) is 16.7 Å². The van der Waals surface area contributed by atoms with E-state index in [4.69, 9.17) is 16.6 Å². The van der Waals surface area contributed by atoms with E-state index in [1.54, 1.807) is 18.2 Å². The Labute approximate surface area is 242 Å². The Balaban J connectivity index is 1.13. The number of carbonyl (C=O) groups excluding carboxylic acids is 1. The largest absolute Gasteiger partial charge is 0.573 e. The highest BCUT2D eigenvalue weighted by Gasteiger charge is 2.31. The van der Waals surface area contributed by atoms with Crippen molar-refractivity contribution in [2.75, 3.05) is 51.2 Å². The number of halogens is 4. The molecular weight excluding hydrogens is 555 g/mol. The molecule has 2 aliphatic heterocycles. The molecule has 1 aromatic heterocycles. The maximum absolute atomic E-state index is 13.1. The van der Waals surface area contributed by atoms with E-state index in [2.05, 4.69) is 43.9 Å². The van der Waals surface area contributed by atoms with E-state index >= 15 is 0 Å². The third-order valence-electron chi connectivity index (χ3n) is 7.61. The molecule has 3 heterocycles. The first kappa shape index (κ1) is 29.2. The maximum atomic E-state index is 13.1. The van der Waals surface area contributed by atoms with Gasteiger partial charge >= 0.3 is 6.36 Å². The SMILES string of the molecule is CN1CCN(c2ccc(CN3CCC(NC(=O)c4cccc(-c5ccc(OC(F)(F)F)cc5)c4Cl)CC3)cn2)CC1. The Hall–Kier alpha value is -3.34. The molecule has 2 fully saturated rings. The first-order valence-electron chi connectivity index (χ1n) is 13.7. The molecule has 41 heavy (non-hydrogen) atoms. The van der Waals surface area contributed by atoms with Gasteiger partial charge in [-0.1, -0.05) is 41.9 Å². The lowest BCUT2D eigenvalue weighted by Gasteiger charge is -2.34. The molecule has 218 valence electrons. The van der Waals surface area contributed by atoms with Crippen LogP contribution in [0, 0.1) is 0 Å². The van der Waals surface area contributed by atoms with Crippen molar-refractivity contribution in [3.05, 3.63) is 76.9 Å². The molecule has 11 heteroatoms. The van der Waals surface area contributed by atoms with Gasteiger partial charge in [0.2, 0.25) is 0 Å². The third kappa shape index (κ3) is 7.69. The summed E-state index contributed by atoms with van der Waals surface area (Å²) in [5.41, 5.74) is 2.64. The molecule has 3 aromatic rings. The summed E-state index contributed by atoms with van der Waals surface area (Å²) in [7, 11) is 2.14. The molecule has 0 unspecified atom stereocenters. The van der Waals surface area contributed by atoms with Crippen LogP contribution in [0.3, 0.4) is 0 Å². The fourth-order valence-electron chi connectivity index (χ4n) is 5.26. The predicted octanol–water partition coefficient (Wildman–Crippen LogP) is 5.45. The van der Waals surface area contributed by atoms with Crippen molar-refractivity contribution in [3.63, 3.8) is 0 Å². The van der Waals surface area contributed by atoms with Crippen molar-refractivity contribution in [3.8, 4) is 16.9 Å². The standard InChI is InChI=1S/C30H33ClF3N5O2/c1-37-15-17-39(18-16-37)27-10-5-21(19-35-27)20-38-13-11-23(12-14-38)36-29(40)26-4-2-3-25(28(26)31)22-6-8-24(9-7-22)41-30(32,33)34/h2-10,19,23H,11-18,20H2,1H3,(H,36,40). The smallest absolute Gasteiger partial charge is 0.406 e. The lowest BCUT2D eigenvalue weighted by molar-refractivity contribution is -0.274. The minimum Gasteiger partial charge on any atom is -0.406 e. The van der Waals surface area contributed by atoms with Crippen LogP contribution >= 0.6 is 11.6 Å². The highest BCUT2D eigenvalue weighted by molar-refractivity contribution is 6.36. The highest BCUT2D eigenvalue weighted by Crippen LogP contribution is 2.33. The lowest BCUT2D eigenvalue weighted by atomic mass is 10.0. The molecule has 0 aliphatic carbocycles. The first-order valence-corrected chi connectivity index (χ1v) is 14.1. The monoisotopic (exact) mass is 587 g/mol. The molecule has 2 aliphatic rings. The lowest BCUT2D eigenvalue weighted by Crippen LogP contribution is -2.45. The summed E-state index contributed by atoms with van der Waals surface area (Å²) >= 11 is 6.59. The Morgan fingerprint density at radius 3 is 2.34 bits per heavy atom. The van der Waals surface area contributed by atoms with Crippen molar-refractivity contribution in [2.45, 2.75) is 31.8 Å². The second-order valence-electron chi connectivity index (χ2n) is 10.6. The van der Waals surface area contributed by atoms with Gasteiger partial charge in [-0.05, 0) is 55.3 Å². The van der Waals surface area contributed by atoms with Gasteiger partial charge in [0, 0.05) is 63.6 Å². The van der Waals surface area contributed by atoms with Crippen LogP contribution in [0.4, 0.5) is 19.0 Å². The maximum Gasteiger partial charge on any atom is 0.573 e. The number of anilines is 1. The van der Waals surface area contributed by atoms with Crippen LogP contribution < -0.4 is 15.0 Å². The van der Waals surface area contributed by atoms with E-state index in [1.165, 1.54) is 29.8 Å². The van der Waals surface area contributed by atoms with E-state index in [1.807, 2.05) is 6.20 Å². The number of likely N-dealkylation sites (tertiary alicyclic amines) is 1. The molecule has 0 bridgehead atoms. The second-order valence-corrected chi connectivity index (χ2v) is 11.0. The Morgan fingerprint density at radius 2 is 1.71 bits per heavy atom. The summed E-state index contributed by atoms with van der Waals surface area (Å²) in [6.45, 7) is 6.60. The average molecular weight is 588 g/mol. The van der Waals surface area contributed by atoms with Crippen LogP contribution in [0.15, 0.2) is 60.8 Å². The van der Waals surface area contributed by atoms with Gasteiger partial charge < -0.3 is 19.9 Å². The van der Waals surface area contributed by atoms with Crippen molar-refractivity contribution in [1.29, 1.82) is 0 Å². The number of likely N-dealkylation sites (N-methyl/N-ethyl adjacent to an activating group) is 1. The molecular formula is C30H33ClF3N5O2.